The third-order valence-electron chi connectivity index (χ3n) is 5.37. The summed E-state index contributed by atoms with van der Waals surface area (Å²) in [5.74, 6) is -0.599. The number of amides is 1. The summed E-state index contributed by atoms with van der Waals surface area (Å²) in [6.07, 6.45) is 5.74. The molecule has 4 aromatic rings. The van der Waals surface area contributed by atoms with Crippen molar-refractivity contribution in [3.05, 3.63) is 102 Å². The van der Waals surface area contributed by atoms with Crippen LogP contribution in [0.5, 0.6) is 0 Å². The number of anilines is 4. The molecule has 7 heteroatoms. The maximum Gasteiger partial charge on any atom is 0.255 e. The van der Waals surface area contributed by atoms with Crippen LogP contribution in [0.25, 0.3) is 10.9 Å². The lowest BCUT2D eigenvalue weighted by atomic mass is 10.1. The van der Waals surface area contributed by atoms with Gasteiger partial charge in [0.15, 0.2) is 0 Å². The van der Waals surface area contributed by atoms with Crippen molar-refractivity contribution >= 4 is 45.8 Å². The zero-order valence-electron chi connectivity index (χ0n) is 19.5. The number of fused-ring (bicyclic) bond motifs is 1. The average Bonchev–Trinajstić information content (AvgIpc) is 2.88. The van der Waals surface area contributed by atoms with Crippen LogP contribution >= 0.6 is 0 Å². The molecule has 176 valence electrons. The number of benzene rings is 3. The molecule has 3 N–H and O–H groups in total. The van der Waals surface area contributed by atoms with Gasteiger partial charge in [0, 0.05) is 52.7 Å². The summed E-state index contributed by atoms with van der Waals surface area (Å²) < 4.78 is 13.7. The predicted molar refractivity (Wildman–Crippen MR) is 142 cm³/mol. The number of nitrogens with one attached hydrogen (secondary N) is 3. The molecule has 0 saturated carbocycles. The molecule has 1 aromatic heterocycles. The first-order valence-electron chi connectivity index (χ1n) is 11.3. The summed E-state index contributed by atoms with van der Waals surface area (Å²) in [6, 6.07) is 21.6. The summed E-state index contributed by atoms with van der Waals surface area (Å²) in [7, 11) is 1.73. The monoisotopic (exact) mass is 467 g/mol. The van der Waals surface area contributed by atoms with Crippen LogP contribution in [0.2, 0.25) is 0 Å². The molecule has 0 atom stereocenters. The van der Waals surface area contributed by atoms with Gasteiger partial charge in [-0.2, -0.15) is 0 Å². The number of hydrogen-bond donors (Lipinski definition) is 3. The number of nitrogens with zero attached hydrogens (tertiary/aromatic N) is 2. The Morgan fingerprint density at radius 1 is 0.971 bits per heavy atom. The Kier molecular flexibility index (Phi) is 7.47. The zero-order chi connectivity index (χ0) is 24.6. The largest absolute Gasteiger partial charge is 0.359 e. The van der Waals surface area contributed by atoms with E-state index >= 15 is 0 Å². The van der Waals surface area contributed by atoms with Gasteiger partial charge in [0.2, 0.25) is 0 Å². The van der Waals surface area contributed by atoms with Crippen LogP contribution in [0.3, 0.4) is 0 Å². The highest BCUT2D eigenvalue weighted by atomic mass is 19.1. The van der Waals surface area contributed by atoms with E-state index in [1.807, 2.05) is 60.7 Å². The fourth-order valence-corrected chi connectivity index (χ4v) is 3.53. The lowest BCUT2D eigenvalue weighted by Crippen LogP contribution is -2.11. The first-order valence-corrected chi connectivity index (χ1v) is 11.3. The Morgan fingerprint density at radius 2 is 1.66 bits per heavy atom. The van der Waals surface area contributed by atoms with Crippen molar-refractivity contribution in [2.45, 2.75) is 13.3 Å². The quantitative estimate of drug-likeness (QED) is 0.250. The highest BCUT2D eigenvalue weighted by molar-refractivity contribution is 6.04. The zero-order valence-corrected chi connectivity index (χ0v) is 19.5. The molecule has 0 radical (unpaired) electrons. The minimum Gasteiger partial charge on any atom is -0.359 e. The molecule has 35 heavy (non-hydrogen) atoms. The van der Waals surface area contributed by atoms with E-state index in [0.29, 0.717) is 22.2 Å². The fourth-order valence-electron chi connectivity index (χ4n) is 3.53. The molecule has 6 nitrogen and oxygen atoms in total. The Morgan fingerprint density at radius 3 is 2.34 bits per heavy atom. The molecule has 0 aliphatic carbocycles. The van der Waals surface area contributed by atoms with E-state index in [-0.39, 0.29) is 5.91 Å². The number of aromatic nitrogens is 1. The molecule has 0 fully saturated rings. The summed E-state index contributed by atoms with van der Waals surface area (Å²) in [4.78, 5) is 20.8. The van der Waals surface area contributed by atoms with E-state index in [0.717, 1.165) is 29.2 Å². The van der Waals surface area contributed by atoms with E-state index in [1.165, 1.54) is 12.3 Å². The summed E-state index contributed by atoms with van der Waals surface area (Å²) in [5, 5.41) is 10.2. The maximum atomic E-state index is 13.7. The van der Waals surface area contributed by atoms with Gasteiger partial charge in [-0.1, -0.05) is 13.0 Å². The van der Waals surface area contributed by atoms with Crippen molar-refractivity contribution in [2.24, 2.45) is 4.99 Å². The summed E-state index contributed by atoms with van der Waals surface area (Å²) >= 11 is 0. The van der Waals surface area contributed by atoms with E-state index < -0.39 is 5.82 Å². The third kappa shape index (κ3) is 6.09. The van der Waals surface area contributed by atoms with Crippen LogP contribution < -0.4 is 16.0 Å². The summed E-state index contributed by atoms with van der Waals surface area (Å²) in [5.41, 5.74) is 5.42. The number of allylic oxidation sites excluding steroid dienone is 2. The van der Waals surface area contributed by atoms with Gasteiger partial charge < -0.3 is 16.0 Å². The fraction of sp³-hybridized carbons (Fsp3) is 0.107. The molecular weight excluding hydrogens is 441 g/mol. The van der Waals surface area contributed by atoms with Crippen molar-refractivity contribution in [3.8, 4) is 0 Å². The first kappa shape index (κ1) is 23.6. The number of aliphatic imine (C=N–C) groups is 1. The summed E-state index contributed by atoms with van der Waals surface area (Å²) in [6.45, 7) is 2.07. The van der Waals surface area contributed by atoms with Crippen LogP contribution in [-0.4, -0.2) is 24.2 Å². The minimum atomic E-state index is -0.393. The molecule has 1 heterocycles. The van der Waals surface area contributed by atoms with Gasteiger partial charge in [-0.05, 0) is 79.2 Å². The predicted octanol–water partition coefficient (Wildman–Crippen LogP) is 6.78. The van der Waals surface area contributed by atoms with Gasteiger partial charge in [-0.15, -0.1) is 0 Å². The topological polar surface area (TPSA) is 78.4 Å². The van der Waals surface area contributed by atoms with Crippen molar-refractivity contribution in [3.63, 3.8) is 0 Å². The maximum absolute atomic E-state index is 13.7. The van der Waals surface area contributed by atoms with Crippen molar-refractivity contribution in [1.29, 1.82) is 0 Å². The molecule has 0 saturated heterocycles. The lowest BCUT2D eigenvalue weighted by molar-refractivity contribution is 0.102. The van der Waals surface area contributed by atoms with Gasteiger partial charge >= 0.3 is 0 Å². The number of halogens is 1. The number of carbonyl (C=O) groups is 1. The molecular formula is C28H26FN5O. The molecule has 0 unspecified atom stereocenters. The molecule has 0 spiro atoms. The average molecular weight is 468 g/mol. The second-order valence-corrected chi connectivity index (χ2v) is 7.84. The molecule has 1 amide bonds. The smallest absolute Gasteiger partial charge is 0.255 e. The Labute approximate surface area is 203 Å². The SMILES string of the molecule is CC/C(=C\C=NC)Nc1ccc(NC(=O)c2ccc(Nc3cccc4ncc(F)cc34)cc2)cc1. The minimum absolute atomic E-state index is 0.206. The first-order chi connectivity index (χ1) is 17.1. The normalized spacial score (nSPS) is 11.6. The van der Waals surface area contributed by atoms with Crippen LogP contribution in [0, 0.1) is 5.82 Å². The van der Waals surface area contributed by atoms with Crippen LogP contribution in [0.4, 0.5) is 27.1 Å². The standard InChI is InChI=1S/C28H26FN5O/c1-3-21(15-16-30-2)32-22-11-13-24(14-12-22)34-28(35)19-7-9-23(10-8-19)33-27-6-4-5-26-25(27)17-20(29)18-31-26/h4-18,32-33H,3H2,1-2H3,(H,34,35)/b21-15+,30-16?. The molecule has 4 rings (SSSR count). The number of carbonyl (C=O) groups excluding carboxylic acids is 1. The van der Waals surface area contributed by atoms with Gasteiger partial charge in [0.25, 0.3) is 5.91 Å². The Bertz CT molecular complexity index is 1380. The Balaban J connectivity index is 1.40. The second-order valence-electron chi connectivity index (χ2n) is 7.84. The Hall–Kier alpha value is -4.52. The van der Waals surface area contributed by atoms with Crippen molar-refractivity contribution < 1.29 is 9.18 Å². The third-order valence-corrected chi connectivity index (χ3v) is 5.37. The number of hydrogen-bond acceptors (Lipinski definition) is 5. The number of pyridine rings is 1. The molecule has 0 aliphatic rings. The van der Waals surface area contributed by atoms with Crippen LogP contribution in [0.15, 0.2) is 95.8 Å². The lowest BCUT2D eigenvalue weighted by Gasteiger charge is -2.11. The van der Waals surface area contributed by atoms with Gasteiger partial charge in [-0.3, -0.25) is 14.8 Å². The van der Waals surface area contributed by atoms with Crippen LogP contribution in [-0.2, 0) is 0 Å². The van der Waals surface area contributed by atoms with Crippen LogP contribution in [0.1, 0.15) is 23.7 Å². The van der Waals surface area contributed by atoms with Crippen molar-refractivity contribution in [2.75, 3.05) is 23.0 Å². The molecule has 0 bridgehead atoms. The van der Waals surface area contributed by atoms with E-state index in [1.54, 1.807) is 25.4 Å². The van der Waals surface area contributed by atoms with E-state index in [9.17, 15) is 9.18 Å². The molecule has 0 aliphatic heterocycles. The van der Waals surface area contributed by atoms with Gasteiger partial charge in [0.05, 0.1) is 11.7 Å². The van der Waals surface area contributed by atoms with E-state index in [2.05, 4.69) is 32.9 Å². The second kappa shape index (κ2) is 11.1. The molecule has 3 aromatic carbocycles. The highest BCUT2D eigenvalue weighted by Gasteiger charge is 2.08. The van der Waals surface area contributed by atoms with Crippen molar-refractivity contribution in [1.82, 2.24) is 4.98 Å². The number of rotatable bonds is 8. The van der Waals surface area contributed by atoms with Gasteiger partial charge in [0.1, 0.15) is 5.82 Å². The van der Waals surface area contributed by atoms with E-state index in [4.69, 9.17) is 0 Å². The van der Waals surface area contributed by atoms with Gasteiger partial charge in [-0.25, -0.2) is 4.39 Å². The highest BCUT2D eigenvalue weighted by Crippen LogP contribution is 2.26.